The summed E-state index contributed by atoms with van der Waals surface area (Å²) in [6.45, 7) is 1.74. The zero-order valence-corrected chi connectivity index (χ0v) is 12.2. The maximum absolute atomic E-state index is 12.0. The molecule has 2 rings (SSSR count). The van der Waals surface area contributed by atoms with E-state index in [9.17, 15) is 4.79 Å². The molecule has 0 aliphatic heterocycles. The van der Waals surface area contributed by atoms with Gasteiger partial charge in [-0.3, -0.25) is 4.79 Å². The summed E-state index contributed by atoms with van der Waals surface area (Å²) < 4.78 is 5.06. The number of anilines is 1. The number of carbonyl (C=O) groups is 1. The number of amides is 1. The van der Waals surface area contributed by atoms with Gasteiger partial charge in [0.15, 0.2) is 6.39 Å². The fraction of sp³-hybridized carbons (Fsp3) is 0.286. The molecule has 100 valence electrons. The minimum Gasteiger partial charge on any atom is -0.438 e. The highest BCUT2D eigenvalue weighted by Crippen LogP contribution is 2.15. The van der Waals surface area contributed by atoms with Crippen LogP contribution in [0.2, 0.25) is 0 Å². The first-order valence-electron chi connectivity index (χ1n) is 6.07. The van der Waals surface area contributed by atoms with Gasteiger partial charge in [0, 0.05) is 11.0 Å². The first-order valence-corrected chi connectivity index (χ1v) is 7.19. The molecule has 0 spiro atoms. The number of aryl methyl sites for hydroxylation is 2. The van der Waals surface area contributed by atoms with Gasteiger partial charge in [0.1, 0.15) is 0 Å². The topological polar surface area (TPSA) is 55.1 Å². The van der Waals surface area contributed by atoms with Crippen LogP contribution in [-0.2, 0) is 6.42 Å². The van der Waals surface area contributed by atoms with Gasteiger partial charge in [-0.05, 0) is 37.5 Å². The van der Waals surface area contributed by atoms with E-state index in [1.165, 1.54) is 12.0 Å². The van der Waals surface area contributed by atoms with Crippen molar-refractivity contribution in [2.24, 2.45) is 0 Å². The Bertz CT molecular complexity index is 566. The van der Waals surface area contributed by atoms with Gasteiger partial charge >= 0.3 is 0 Å². The van der Waals surface area contributed by atoms with Crippen LogP contribution in [0.4, 0.5) is 5.69 Å². The second-order valence-corrected chi connectivity index (χ2v) is 5.01. The van der Waals surface area contributed by atoms with Crippen molar-refractivity contribution in [3.63, 3.8) is 0 Å². The van der Waals surface area contributed by atoms with E-state index in [1.807, 2.05) is 18.2 Å². The van der Waals surface area contributed by atoms with Gasteiger partial charge in [-0.1, -0.05) is 28.1 Å². The maximum Gasteiger partial charge on any atom is 0.293 e. The molecular formula is C14H15BrN2O2. The molecule has 0 aliphatic rings. The fourth-order valence-electron chi connectivity index (χ4n) is 1.78. The molecular weight excluding hydrogens is 308 g/mol. The molecule has 19 heavy (non-hydrogen) atoms. The highest BCUT2D eigenvalue weighted by Gasteiger charge is 2.13. The lowest BCUT2D eigenvalue weighted by Crippen LogP contribution is -2.12. The average Bonchev–Trinajstić information content (AvgIpc) is 2.83. The number of carbonyl (C=O) groups excluding carboxylic acids is 1. The van der Waals surface area contributed by atoms with Gasteiger partial charge < -0.3 is 9.73 Å². The van der Waals surface area contributed by atoms with Gasteiger partial charge in [0.25, 0.3) is 5.91 Å². The van der Waals surface area contributed by atoms with Crippen LogP contribution >= 0.6 is 15.9 Å². The largest absolute Gasteiger partial charge is 0.438 e. The van der Waals surface area contributed by atoms with E-state index in [0.717, 1.165) is 23.9 Å². The van der Waals surface area contributed by atoms with Crippen LogP contribution in [-0.4, -0.2) is 16.2 Å². The van der Waals surface area contributed by atoms with Crippen molar-refractivity contribution >= 4 is 27.5 Å². The molecule has 1 aromatic carbocycles. The Morgan fingerprint density at radius 1 is 1.47 bits per heavy atom. The van der Waals surface area contributed by atoms with Crippen LogP contribution in [0.15, 0.2) is 35.1 Å². The lowest BCUT2D eigenvalue weighted by atomic mass is 10.1. The van der Waals surface area contributed by atoms with Crippen molar-refractivity contribution in [3.05, 3.63) is 47.7 Å². The van der Waals surface area contributed by atoms with Crippen LogP contribution in [0, 0.1) is 6.92 Å². The summed E-state index contributed by atoms with van der Waals surface area (Å²) in [5, 5.41) is 3.79. The Morgan fingerprint density at radius 3 is 3.00 bits per heavy atom. The number of benzene rings is 1. The Balaban J connectivity index is 2.07. The SMILES string of the molecule is Cc1ncoc1C(=O)Nc1cccc(CCCBr)c1. The summed E-state index contributed by atoms with van der Waals surface area (Å²) in [7, 11) is 0. The number of nitrogens with zero attached hydrogens (tertiary/aromatic N) is 1. The van der Waals surface area contributed by atoms with Crippen molar-refractivity contribution in [2.75, 3.05) is 10.6 Å². The van der Waals surface area contributed by atoms with Gasteiger partial charge in [-0.25, -0.2) is 4.98 Å². The normalized spacial score (nSPS) is 10.4. The lowest BCUT2D eigenvalue weighted by molar-refractivity contribution is 0.0996. The monoisotopic (exact) mass is 322 g/mol. The Kier molecular flexibility index (Phi) is 4.74. The minimum atomic E-state index is -0.271. The highest BCUT2D eigenvalue weighted by atomic mass is 79.9. The van der Waals surface area contributed by atoms with E-state index in [4.69, 9.17) is 4.42 Å². The third kappa shape index (κ3) is 3.67. The first kappa shape index (κ1) is 13.8. The Morgan fingerprint density at radius 2 is 2.32 bits per heavy atom. The van der Waals surface area contributed by atoms with Crippen molar-refractivity contribution in [1.29, 1.82) is 0 Å². The summed E-state index contributed by atoms with van der Waals surface area (Å²) in [5.41, 5.74) is 2.56. The van der Waals surface area contributed by atoms with Gasteiger partial charge in [-0.2, -0.15) is 0 Å². The third-order valence-electron chi connectivity index (χ3n) is 2.74. The molecule has 1 aromatic heterocycles. The molecule has 0 radical (unpaired) electrons. The number of nitrogens with one attached hydrogen (secondary N) is 1. The second kappa shape index (κ2) is 6.52. The summed E-state index contributed by atoms with van der Waals surface area (Å²) in [4.78, 5) is 15.9. The molecule has 0 unspecified atom stereocenters. The number of hydrogen-bond acceptors (Lipinski definition) is 3. The molecule has 0 fully saturated rings. The predicted octanol–water partition coefficient (Wildman–Crippen LogP) is 3.56. The zero-order chi connectivity index (χ0) is 13.7. The van der Waals surface area contributed by atoms with Crippen LogP contribution in [0.5, 0.6) is 0 Å². The van der Waals surface area contributed by atoms with Crippen molar-refractivity contribution < 1.29 is 9.21 Å². The van der Waals surface area contributed by atoms with Crippen molar-refractivity contribution in [2.45, 2.75) is 19.8 Å². The summed E-state index contributed by atoms with van der Waals surface area (Å²) >= 11 is 3.41. The van der Waals surface area contributed by atoms with Crippen LogP contribution in [0.1, 0.15) is 28.2 Å². The molecule has 5 heteroatoms. The zero-order valence-electron chi connectivity index (χ0n) is 10.6. The summed E-state index contributed by atoms with van der Waals surface area (Å²) in [5.74, 6) is -0.0153. The number of hydrogen-bond donors (Lipinski definition) is 1. The fourth-order valence-corrected chi connectivity index (χ4v) is 2.06. The van der Waals surface area contributed by atoms with Crippen LogP contribution in [0.25, 0.3) is 0 Å². The van der Waals surface area contributed by atoms with Crippen LogP contribution in [0.3, 0.4) is 0 Å². The van der Waals surface area contributed by atoms with E-state index in [-0.39, 0.29) is 11.7 Å². The predicted molar refractivity (Wildman–Crippen MR) is 77.8 cm³/mol. The van der Waals surface area contributed by atoms with E-state index in [2.05, 4.69) is 32.3 Å². The molecule has 2 aromatic rings. The van der Waals surface area contributed by atoms with E-state index < -0.39 is 0 Å². The third-order valence-corrected chi connectivity index (χ3v) is 3.30. The molecule has 0 atom stereocenters. The first-order chi connectivity index (χ1) is 9.20. The molecule has 0 aliphatic carbocycles. The van der Waals surface area contributed by atoms with Gasteiger partial charge in [0.2, 0.25) is 5.76 Å². The van der Waals surface area contributed by atoms with Crippen molar-refractivity contribution in [1.82, 2.24) is 4.98 Å². The van der Waals surface area contributed by atoms with Gasteiger partial charge in [-0.15, -0.1) is 0 Å². The van der Waals surface area contributed by atoms with Gasteiger partial charge in [0.05, 0.1) is 5.69 Å². The van der Waals surface area contributed by atoms with E-state index in [0.29, 0.717) is 5.69 Å². The Hall–Kier alpha value is -1.62. The minimum absolute atomic E-state index is 0.255. The van der Waals surface area contributed by atoms with E-state index >= 15 is 0 Å². The number of rotatable bonds is 5. The molecule has 1 N–H and O–H groups in total. The standard InChI is InChI=1S/C14H15BrN2O2/c1-10-13(19-9-16-10)14(18)17-12-6-2-4-11(8-12)5-3-7-15/h2,4,6,8-9H,3,5,7H2,1H3,(H,17,18). The summed E-state index contributed by atoms with van der Waals surface area (Å²) in [6.07, 6.45) is 3.32. The molecule has 0 saturated heterocycles. The van der Waals surface area contributed by atoms with Crippen LogP contribution < -0.4 is 5.32 Å². The number of oxazole rings is 1. The Labute approximate surface area is 120 Å². The lowest BCUT2D eigenvalue weighted by Gasteiger charge is -2.06. The molecule has 0 bridgehead atoms. The van der Waals surface area contributed by atoms with Crippen molar-refractivity contribution in [3.8, 4) is 0 Å². The number of halogens is 1. The van der Waals surface area contributed by atoms with E-state index in [1.54, 1.807) is 6.92 Å². The maximum atomic E-state index is 12.0. The quantitative estimate of drug-likeness (QED) is 0.856. The molecule has 0 saturated carbocycles. The number of aromatic nitrogens is 1. The number of alkyl halides is 1. The molecule has 4 nitrogen and oxygen atoms in total. The summed E-state index contributed by atoms with van der Waals surface area (Å²) in [6, 6.07) is 7.83. The smallest absolute Gasteiger partial charge is 0.293 e. The average molecular weight is 323 g/mol. The highest BCUT2D eigenvalue weighted by molar-refractivity contribution is 9.09. The second-order valence-electron chi connectivity index (χ2n) is 4.21. The molecule has 1 amide bonds. The molecule has 1 heterocycles.